The van der Waals surface area contributed by atoms with E-state index in [-0.39, 0.29) is 0 Å². The highest BCUT2D eigenvalue weighted by atomic mass is 14.8. The van der Waals surface area contributed by atoms with Crippen LogP contribution in [0.4, 0.5) is 0 Å². The summed E-state index contributed by atoms with van der Waals surface area (Å²) >= 11 is 0. The third-order valence-corrected chi connectivity index (χ3v) is 1.18. The molecule has 53 valence electrons. The molecule has 10 heavy (non-hydrogen) atoms. The molecule has 0 saturated heterocycles. The van der Waals surface area contributed by atoms with E-state index in [4.69, 9.17) is 0 Å². The summed E-state index contributed by atoms with van der Waals surface area (Å²) in [6.07, 6.45) is 3.31. The van der Waals surface area contributed by atoms with E-state index in [1.54, 1.807) is 0 Å². The zero-order valence-electron chi connectivity index (χ0n) is 7.30. The minimum Gasteiger partial charge on any atom is -0.441 e. The lowest BCUT2D eigenvalue weighted by Gasteiger charge is -2.17. The van der Waals surface area contributed by atoms with Gasteiger partial charge in [0, 0.05) is 0 Å². The molecule has 0 fully saturated rings. The second kappa shape index (κ2) is 7.26. The molecule has 0 aromatic heterocycles. The molecule has 0 aliphatic rings. The van der Waals surface area contributed by atoms with E-state index < -0.39 is 0 Å². The predicted molar refractivity (Wildman–Crippen MR) is 50.5 cm³/mol. The monoisotopic (exact) mass is 134 g/mol. The Kier molecular flexibility index (Phi) is 7.38. The fraction of sp³-hybridized carbons (Fsp3) is 1.00. The topological polar surface area (TPSA) is 3.24 Å². The van der Waals surface area contributed by atoms with Crippen molar-refractivity contribution in [2.24, 2.45) is 0 Å². The molecule has 0 unspecified atom stereocenters. The number of rotatable bonds is 6. The van der Waals surface area contributed by atoms with Crippen LogP contribution in [-0.4, -0.2) is 26.9 Å². The second-order valence-corrected chi connectivity index (χ2v) is 2.22. The van der Waals surface area contributed by atoms with Gasteiger partial charge >= 0.3 is 0 Å². The predicted octanol–water partition coefficient (Wildman–Crippen LogP) is 1.46. The summed E-state index contributed by atoms with van der Waals surface area (Å²) in [6, 6.07) is 0. The van der Waals surface area contributed by atoms with Crippen molar-refractivity contribution in [3.8, 4) is 0 Å². The molecule has 0 aromatic rings. The van der Waals surface area contributed by atoms with Crippen LogP contribution < -0.4 is 0 Å². The molecule has 0 bridgehead atoms. The first-order valence-corrected chi connectivity index (χ1v) is 4.12. The van der Waals surface area contributed by atoms with Gasteiger partial charge in [-0.2, -0.15) is 0 Å². The van der Waals surface area contributed by atoms with Gasteiger partial charge in [-0.05, 0) is 0 Å². The fourth-order valence-electron chi connectivity index (χ4n) is 0.856. The largest absolute Gasteiger partial charge is 0.441 e. The van der Waals surface area contributed by atoms with Crippen molar-refractivity contribution in [1.29, 1.82) is 0 Å². The molecule has 0 N–H and O–H groups in total. The van der Waals surface area contributed by atoms with Gasteiger partial charge < -0.3 is 4.63 Å². The van der Waals surface area contributed by atoms with E-state index in [1.807, 2.05) is 0 Å². The van der Waals surface area contributed by atoms with Crippen molar-refractivity contribution in [2.75, 3.05) is 0 Å². The van der Waals surface area contributed by atoms with Gasteiger partial charge in [-0.3, -0.25) is 0 Å². The van der Waals surface area contributed by atoms with Crippen molar-refractivity contribution in [3.63, 3.8) is 0 Å². The number of hydrogen-bond donors (Lipinski definition) is 0. The Bertz CT molecular complexity index is 55.7. The van der Waals surface area contributed by atoms with Crippen LogP contribution in [0.15, 0.2) is 0 Å². The van der Waals surface area contributed by atoms with Crippen molar-refractivity contribution >= 4 is 22.2 Å². The Balaban J connectivity index is 3.30. The zero-order valence-corrected chi connectivity index (χ0v) is 7.30. The summed E-state index contributed by atoms with van der Waals surface area (Å²) < 4.78 is 2.17. The molecule has 0 rings (SSSR count). The van der Waals surface area contributed by atoms with Crippen LogP contribution in [-0.2, 0) is 0 Å². The lowest BCUT2D eigenvalue weighted by Crippen LogP contribution is -2.33. The fourth-order valence-corrected chi connectivity index (χ4v) is 0.856. The molecule has 0 saturated carbocycles. The first-order chi connectivity index (χ1) is 4.85. The van der Waals surface area contributed by atoms with E-state index in [0.29, 0.717) is 0 Å². The van der Waals surface area contributed by atoms with Crippen molar-refractivity contribution in [1.82, 2.24) is 4.63 Å². The maximum atomic E-state index is 2.19. The van der Waals surface area contributed by atoms with E-state index in [1.165, 1.54) is 0 Å². The highest BCUT2D eigenvalue weighted by Crippen LogP contribution is 1.89. The summed E-state index contributed by atoms with van der Waals surface area (Å²) in [7, 11) is 6.56. The van der Waals surface area contributed by atoms with Gasteiger partial charge in [0.25, 0.3) is 0 Å². The highest BCUT2D eigenvalue weighted by Gasteiger charge is 2.03. The van der Waals surface area contributed by atoms with Gasteiger partial charge in [-0.25, -0.2) is 0 Å². The van der Waals surface area contributed by atoms with Gasteiger partial charge in [0.15, 0.2) is 22.2 Å². The summed E-state index contributed by atoms with van der Waals surface area (Å²) in [6.45, 7) is 6.46. The van der Waals surface area contributed by atoms with Gasteiger partial charge in [-0.15, -0.1) is 0 Å². The van der Waals surface area contributed by atoms with E-state index in [0.717, 1.165) is 19.0 Å². The summed E-state index contributed by atoms with van der Waals surface area (Å²) in [5.41, 5.74) is 0. The van der Waals surface area contributed by atoms with Crippen molar-refractivity contribution in [2.45, 2.75) is 39.7 Å². The Morgan fingerprint density at radius 2 is 1.10 bits per heavy atom. The lowest BCUT2D eigenvalue weighted by molar-refractivity contribution is 1.03. The minimum atomic E-state index is 1.10. The SMILES string of the molecule is CC[B]N([B]CC)[B]CC. The molecular formula is C6H15B3N. The Labute approximate surface area is 67.4 Å². The summed E-state index contributed by atoms with van der Waals surface area (Å²) in [4.78, 5) is 0. The molecule has 0 aliphatic heterocycles. The smallest absolute Gasteiger partial charge is 0.182 e. The molecule has 0 aliphatic carbocycles. The molecule has 0 amide bonds. The molecule has 0 aromatic carbocycles. The third-order valence-electron chi connectivity index (χ3n) is 1.18. The van der Waals surface area contributed by atoms with Gasteiger partial charge in [-0.1, -0.05) is 39.7 Å². The first-order valence-electron chi connectivity index (χ1n) is 4.12. The van der Waals surface area contributed by atoms with Gasteiger partial charge in [0.1, 0.15) is 0 Å². The van der Waals surface area contributed by atoms with Gasteiger partial charge in [0.05, 0.1) is 0 Å². The van der Waals surface area contributed by atoms with Crippen molar-refractivity contribution in [3.05, 3.63) is 0 Å². The average Bonchev–Trinajstić information content (AvgIpc) is 1.90. The Hall–Kier alpha value is 0.155. The Morgan fingerprint density at radius 1 is 0.800 bits per heavy atom. The van der Waals surface area contributed by atoms with Crippen LogP contribution in [0.3, 0.4) is 0 Å². The maximum absolute atomic E-state index is 2.19. The molecule has 0 atom stereocenters. The number of hydrogen-bond acceptors (Lipinski definition) is 1. The second-order valence-electron chi connectivity index (χ2n) is 2.22. The molecular weight excluding hydrogens is 119 g/mol. The van der Waals surface area contributed by atoms with Crippen molar-refractivity contribution < 1.29 is 0 Å². The average molecular weight is 134 g/mol. The van der Waals surface area contributed by atoms with Crippen LogP contribution in [0.1, 0.15) is 20.8 Å². The first kappa shape index (κ1) is 10.2. The molecule has 1 nitrogen and oxygen atoms in total. The quantitative estimate of drug-likeness (QED) is 0.496. The molecule has 0 heterocycles. The molecule has 3 radical (unpaired) electrons. The minimum absolute atomic E-state index is 1.10. The number of nitrogens with zero attached hydrogens (tertiary/aromatic N) is 1. The van der Waals surface area contributed by atoms with Crippen LogP contribution in [0.5, 0.6) is 0 Å². The van der Waals surface area contributed by atoms with E-state index >= 15 is 0 Å². The normalized spacial score (nSPS) is 9.60. The Morgan fingerprint density at radius 3 is 1.30 bits per heavy atom. The summed E-state index contributed by atoms with van der Waals surface area (Å²) in [5.74, 6) is 0. The van der Waals surface area contributed by atoms with Crippen LogP contribution in [0.2, 0.25) is 19.0 Å². The van der Waals surface area contributed by atoms with Gasteiger partial charge in [0.2, 0.25) is 0 Å². The maximum Gasteiger partial charge on any atom is 0.182 e. The lowest BCUT2D eigenvalue weighted by atomic mass is 9.62. The van der Waals surface area contributed by atoms with Crippen LogP contribution >= 0.6 is 0 Å². The molecule has 0 spiro atoms. The zero-order chi connectivity index (χ0) is 7.82. The van der Waals surface area contributed by atoms with E-state index in [2.05, 4.69) is 47.6 Å². The summed E-state index contributed by atoms with van der Waals surface area (Å²) in [5, 5.41) is 0. The highest BCUT2D eigenvalue weighted by molar-refractivity contribution is 6.65. The van der Waals surface area contributed by atoms with E-state index in [9.17, 15) is 0 Å². The van der Waals surface area contributed by atoms with Crippen LogP contribution in [0.25, 0.3) is 0 Å². The third kappa shape index (κ3) is 4.98. The molecule has 4 heteroatoms. The van der Waals surface area contributed by atoms with Crippen LogP contribution in [0, 0.1) is 0 Å². The standard InChI is InChI=1S/C6H15B3N/c1-4-7-10(8-5-2)9-6-3/h4-6H2,1-3H3.